The normalized spacial score (nSPS) is 19.9. The molecule has 2 fully saturated rings. The van der Waals surface area contributed by atoms with E-state index in [0.29, 0.717) is 5.92 Å². The lowest BCUT2D eigenvalue weighted by Crippen LogP contribution is -2.47. The van der Waals surface area contributed by atoms with Crippen molar-refractivity contribution in [2.45, 2.75) is 51.4 Å². The van der Waals surface area contributed by atoms with Crippen LogP contribution in [0.2, 0.25) is 0 Å². The number of carbonyl (C=O) groups excluding carboxylic acids is 1. The molecule has 1 aliphatic carbocycles. The van der Waals surface area contributed by atoms with Gasteiger partial charge >= 0.3 is 5.97 Å². The zero-order valence-electron chi connectivity index (χ0n) is 16.5. The summed E-state index contributed by atoms with van der Waals surface area (Å²) in [6.45, 7) is 3.39. The molecule has 1 saturated carbocycles. The predicted molar refractivity (Wildman–Crippen MR) is 106 cm³/mol. The number of ether oxygens (including phenoxy) is 1. The van der Waals surface area contributed by atoms with Crippen LogP contribution in [0.5, 0.6) is 0 Å². The van der Waals surface area contributed by atoms with E-state index in [4.69, 9.17) is 14.1 Å². The third kappa shape index (κ3) is 6.01. The van der Waals surface area contributed by atoms with Crippen molar-refractivity contribution in [2.75, 3.05) is 33.3 Å². The minimum Gasteiger partial charge on any atom is -0.469 e. The van der Waals surface area contributed by atoms with Gasteiger partial charge in [0.2, 0.25) is 0 Å². The number of nitrogens with zero attached hydrogens (tertiary/aromatic N) is 2. The molecule has 0 radical (unpaired) electrons. The van der Waals surface area contributed by atoms with Crippen LogP contribution < -0.4 is 5.32 Å². The van der Waals surface area contributed by atoms with Gasteiger partial charge in [0, 0.05) is 32.6 Å². The van der Waals surface area contributed by atoms with Gasteiger partial charge in [-0.1, -0.05) is 19.3 Å². The van der Waals surface area contributed by atoms with E-state index in [0.717, 1.165) is 57.2 Å². The van der Waals surface area contributed by atoms with Crippen LogP contribution in [0.1, 0.15) is 50.7 Å². The van der Waals surface area contributed by atoms with Crippen LogP contribution in [-0.2, 0) is 16.0 Å². The Morgan fingerprint density at radius 1 is 1.26 bits per heavy atom. The summed E-state index contributed by atoms with van der Waals surface area (Å²) < 4.78 is 10.3. The topological polar surface area (TPSA) is 67.1 Å². The summed E-state index contributed by atoms with van der Waals surface area (Å²) >= 11 is 0. The van der Waals surface area contributed by atoms with Gasteiger partial charge in [-0.2, -0.15) is 0 Å². The number of hydrogen-bond acceptors (Lipinski definition) is 4. The van der Waals surface area contributed by atoms with Crippen LogP contribution in [0.4, 0.5) is 0 Å². The van der Waals surface area contributed by atoms with E-state index in [2.05, 4.69) is 10.2 Å². The van der Waals surface area contributed by atoms with Crippen molar-refractivity contribution in [3.8, 4) is 0 Å². The molecule has 6 nitrogen and oxygen atoms in total. The third-order valence-electron chi connectivity index (χ3n) is 5.79. The highest BCUT2D eigenvalue weighted by atomic mass is 16.5. The lowest BCUT2D eigenvalue weighted by Gasteiger charge is -2.33. The Morgan fingerprint density at radius 2 is 2.04 bits per heavy atom. The molecule has 1 aliphatic heterocycles. The summed E-state index contributed by atoms with van der Waals surface area (Å²) in [6.07, 6.45) is 10.9. The third-order valence-corrected chi connectivity index (χ3v) is 5.79. The maximum absolute atomic E-state index is 11.8. The highest BCUT2D eigenvalue weighted by molar-refractivity contribution is 5.80. The lowest BCUT2D eigenvalue weighted by molar-refractivity contribution is -0.146. The molecule has 150 valence electrons. The molecular formula is C21H33N3O3. The van der Waals surface area contributed by atoms with Gasteiger partial charge in [-0.05, 0) is 43.7 Å². The number of rotatable bonds is 6. The molecule has 0 bridgehead atoms. The van der Waals surface area contributed by atoms with Crippen LogP contribution in [0.15, 0.2) is 27.8 Å². The molecule has 1 saturated heterocycles. The van der Waals surface area contributed by atoms with E-state index < -0.39 is 0 Å². The molecule has 6 heteroatoms. The fourth-order valence-corrected chi connectivity index (χ4v) is 4.10. The van der Waals surface area contributed by atoms with E-state index in [1.807, 2.05) is 12.1 Å². The molecule has 0 unspecified atom stereocenters. The van der Waals surface area contributed by atoms with Crippen molar-refractivity contribution >= 4 is 11.9 Å². The average Bonchev–Trinajstić information content (AvgIpc) is 3.24. The van der Waals surface area contributed by atoms with E-state index in [9.17, 15) is 4.79 Å². The average molecular weight is 376 g/mol. The molecule has 2 aliphatic rings. The molecule has 0 atom stereocenters. The molecular weight excluding hydrogens is 342 g/mol. The van der Waals surface area contributed by atoms with Crippen LogP contribution in [0, 0.1) is 11.8 Å². The minimum absolute atomic E-state index is 0.0222. The van der Waals surface area contributed by atoms with Gasteiger partial charge in [-0.25, -0.2) is 0 Å². The summed E-state index contributed by atoms with van der Waals surface area (Å²) in [5.74, 6) is 2.62. The highest BCUT2D eigenvalue weighted by Gasteiger charge is 2.27. The van der Waals surface area contributed by atoms with E-state index in [1.54, 1.807) is 6.26 Å². The second-order valence-corrected chi connectivity index (χ2v) is 7.71. The number of aliphatic imine (C=N–C) groups is 1. The summed E-state index contributed by atoms with van der Waals surface area (Å²) in [7, 11) is 1.47. The Hall–Kier alpha value is -1.98. The summed E-state index contributed by atoms with van der Waals surface area (Å²) in [5, 5.41) is 3.53. The van der Waals surface area contributed by atoms with Crippen LogP contribution in [0.3, 0.4) is 0 Å². The number of methoxy groups -OCH3 is 1. The Bertz CT molecular complexity index is 586. The molecule has 1 aromatic heterocycles. The number of likely N-dealkylation sites (tertiary alicyclic amines) is 1. The second kappa shape index (κ2) is 10.4. The largest absolute Gasteiger partial charge is 0.469 e. The fraction of sp³-hybridized carbons (Fsp3) is 0.714. The molecule has 1 N–H and O–H groups in total. The van der Waals surface area contributed by atoms with Crippen molar-refractivity contribution in [3.63, 3.8) is 0 Å². The van der Waals surface area contributed by atoms with Crippen molar-refractivity contribution in [3.05, 3.63) is 24.2 Å². The number of hydrogen-bond donors (Lipinski definition) is 1. The number of furan rings is 1. The highest BCUT2D eigenvalue weighted by Crippen LogP contribution is 2.24. The summed E-state index contributed by atoms with van der Waals surface area (Å²) in [5.41, 5.74) is 0. The van der Waals surface area contributed by atoms with Crippen LogP contribution in [0.25, 0.3) is 0 Å². The standard InChI is InChI=1S/C21H33N3O3/c1-26-20(25)18-10-13-24(14-11-18)21(22-12-9-19-8-5-15-27-19)23-16-17-6-3-2-4-7-17/h5,8,15,17-18H,2-4,6-7,9-14,16H2,1H3,(H,22,23). The molecule has 3 rings (SSSR count). The van der Waals surface area contributed by atoms with Gasteiger partial charge in [0.1, 0.15) is 5.76 Å². The van der Waals surface area contributed by atoms with Crippen molar-refractivity contribution in [1.29, 1.82) is 0 Å². The molecule has 0 spiro atoms. The first-order valence-corrected chi connectivity index (χ1v) is 10.4. The number of guanidine groups is 1. The minimum atomic E-state index is -0.0823. The maximum atomic E-state index is 11.8. The first-order chi connectivity index (χ1) is 13.3. The number of piperidine rings is 1. The Morgan fingerprint density at radius 3 is 2.70 bits per heavy atom. The van der Waals surface area contributed by atoms with E-state index in [1.165, 1.54) is 39.2 Å². The summed E-state index contributed by atoms with van der Waals surface area (Å²) in [4.78, 5) is 19.0. The number of nitrogens with one attached hydrogen (secondary N) is 1. The van der Waals surface area contributed by atoms with Crippen molar-refractivity contribution in [1.82, 2.24) is 10.2 Å². The molecule has 27 heavy (non-hydrogen) atoms. The Kier molecular flexibility index (Phi) is 7.60. The van der Waals surface area contributed by atoms with Crippen LogP contribution in [-0.4, -0.2) is 50.1 Å². The fourth-order valence-electron chi connectivity index (χ4n) is 4.10. The first kappa shape index (κ1) is 19.8. The van der Waals surface area contributed by atoms with Crippen molar-refractivity contribution in [2.24, 2.45) is 16.8 Å². The summed E-state index contributed by atoms with van der Waals surface area (Å²) in [6, 6.07) is 3.92. The van der Waals surface area contributed by atoms with Gasteiger partial charge in [0.15, 0.2) is 5.96 Å². The molecule has 2 heterocycles. The quantitative estimate of drug-likeness (QED) is 0.470. The Balaban J connectivity index is 1.55. The SMILES string of the molecule is COC(=O)C1CCN(C(=NCC2CCCCC2)NCCc2ccco2)CC1. The van der Waals surface area contributed by atoms with E-state index in [-0.39, 0.29) is 11.9 Å². The van der Waals surface area contributed by atoms with Gasteiger partial charge < -0.3 is 19.4 Å². The molecule has 1 aromatic rings. The molecule has 0 aromatic carbocycles. The molecule has 0 amide bonds. The first-order valence-electron chi connectivity index (χ1n) is 10.4. The Labute approximate surface area is 162 Å². The zero-order chi connectivity index (χ0) is 18.9. The number of carbonyl (C=O) groups is 1. The zero-order valence-corrected chi connectivity index (χ0v) is 16.5. The van der Waals surface area contributed by atoms with Gasteiger partial charge in [0.25, 0.3) is 0 Å². The van der Waals surface area contributed by atoms with Crippen LogP contribution >= 0.6 is 0 Å². The number of esters is 1. The van der Waals surface area contributed by atoms with Gasteiger partial charge in [-0.15, -0.1) is 0 Å². The van der Waals surface area contributed by atoms with Gasteiger partial charge in [0.05, 0.1) is 19.3 Å². The van der Waals surface area contributed by atoms with E-state index >= 15 is 0 Å². The monoisotopic (exact) mass is 375 g/mol. The second-order valence-electron chi connectivity index (χ2n) is 7.71. The smallest absolute Gasteiger partial charge is 0.308 e. The lowest BCUT2D eigenvalue weighted by atomic mass is 9.89. The van der Waals surface area contributed by atoms with Gasteiger partial charge in [-0.3, -0.25) is 9.79 Å². The van der Waals surface area contributed by atoms with Crippen molar-refractivity contribution < 1.29 is 13.9 Å². The predicted octanol–water partition coefficient (Wildman–Crippen LogP) is 3.23. The maximum Gasteiger partial charge on any atom is 0.308 e.